The highest BCUT2D eigenvalue weighted by atomic mass is 19.1. The van der Waals surface area contributed by atoms with E-state index in [-0.39, 0.29) is 28.9 Å². The zero-order valence-electron chi connectivity index (χ0n) is 16.2. The summed E-state index contributed by atoms with van der Waals surface area (Å²) in [4.78, 5) is 25.9. The molecule has 1 unspecified atom stereocenters. The Kier molecular flexibility index (Phi) is 4.96. The standard InChI is InChI=1S/C22H23FN4O2/c1-13-10-15(7-8-19(13)27-9-3-4-14(12-27)21(24)28)25-11-16-20-17(23)5-2-6-18(20)26-22(16)29/h2,5-8,10-11,14,25H,3-4,9,12H2,1H3,(H2,24,28)(H,26,29). The van der Waals surface area contributed by atoms with Crippen LogP contribution in [0, 0.1) is 18.7 Å². The van der Waals surface area contributed by atoms with Crippen molar-refractivity contribution in [3.63, 3.8) is 0 Å². The van der Waals surface area contributed by atoms with Crippen molar-refractivity contribution in [1.29, 1.82) is 0 Å². The molecule has 2 aromatic carbocycles. The summed E-state index contributed by atoms with van der Waals surface area (Å²) in [5.74, 6) is -1.15. The number of carbonyl (C=O) groups is 2. The van der Waals surface area contributed by atoms with Crippen LogP contribution in [0.1, 0.15) is 24.0 Å². The molecule has 2 heterocycles. The van der Waals surface area contributed by atoms with Crippen molar-refractivity contribution in [2.75, 3.05) is 28.6 Å². The molecule has 4 N–H and O–H groups in total. The molecule has 0 radical (unpaired) electrons. The number of hydrogen-bond acceptors (Lipinski definition) is 4. The molecule has 0 saturated carbocycles. The van der Waals surface area contributed by atoms with E-state index in [1.165, 1.54) is 12.3 Å². The molecule has 2 aromatic rings. The lowest BCUT2D eigenvalue weighted by Gasteiger charge is -2.34. The third kappa shape index (κ3) is 3.68. The molecule has 29 heavy (non-hydrogen) atoms. The van der Waals surface area contributed by atoms with E-state index in [1.807, 2.05) is 25.1 Å². The lowest BCUT2D eigenvalue weighted by atomic mass is 9.96. The van der Waals surface area contributed by atoms with Crippen molar-refractivity contribution in [2.24, 2.45) is 11.7 Å². The topological polar surface area (TPSA) is 87.5 Å². The number of fused-ring (bicyclic) bond motifs is 1. The number of nitrogens with two attached hydrogens (primary N) is 1. The maximum absolute atomic E-state index is 14.2. The van der Waals surface area contributed by atoms with Gasteiger partial charge >= 0.3 is 0 Å². The third-order valence-corrected chi connectivity index (χ3v) is 5.52. The van der Waals surface area contributed by atoms with Crippen molar-refractivity contribution in [3.8, 4) is 0 Å². The number of carbonyl (C=O) groups excluding carboxylic acids is 2. The van der Waals surface area contributed by atoms with E-state index >= 15 is 0 Å². The van der Waals surface area contributed by atoms with Gasteiger partial charge in [-0.25, -0.2) is 4.39 Å². The number of rotatable bonds is 4. The Hall–Kier alpha value is -3.35. The zero-order valence-corrected chi connectivity index (χ0v) is 16.2. The van der Waals surface area contributed by atoms with Gasteiger partial charge < -0.3 is 21.3 Å². The van der Waals surface area contributed by atoms with E-state index in [9.17, 15) is 14.0 Å². The van der Waals surface area contributed by atoms with Gasteiger partial charge in [0.1, 0.15) is 5.82 Å². The molecule has 1 atom stereocenters. The summed E-state index contributed by atoms with van der Waals surface area (Å²) in [6, 6.07) is 10.4. The molecular formula is C22H23FN4O2. The SMILES string of the molecule is Cc1cc(NC=C2C(=O)Nc3cccc(F)c32)ccc1N1CCCC(C(N)=O)C1. The maximum atomic E-state index is 14.2. The van der Waals surface area contributed by atoms with Crippen LogP contribution in [-0.2, 0) is 9.59 Å². The summed E-state index contributed by atoms with van der Waals surface area (Å²) in [5, 5.41) is 5.77. The normalized spacial score (nSPS) is 19.8. The van der Waals surface area contributed by atoms with Crippen LogP contribution in [0.4, 0.5) is 21.5 Å². The second kappa shape index (κ2) is 7.58. The third-order valence-electron chi connectivity index (χ3n) is 5.52. The first kappa shape index (κ1) is 19.0. The molecule has 0 bridgehead atoms. The molecule has 2 aliphatic rings. The summed E-state index contributed by atoms with van der Waals surface area (Å²) in [6.45, 7) is 3.51. The number of halogens is 1. The molecule has 0 spiro atoms. The second-order valence-electron chi connectivity index (χ2n) is 7.51. The van der Waals surface area contributed by atoms with Gasteiger partial charge in [-0.1, -0.05) is 6.07 Å². The van der Waals surface area contributed by atoms with Gasteiger partial charge in [-0.15, -0.1) is 0 Å². The first-order chi connectivity index (χ1) is 13.9. The molecule has 1 saturated heterocycles. The summed E-state index contributed by atoms with van der Waals surface area (Å²) >= 11 is 0. The fourth-order valence-electron chi connectivity index (χ4n) is 4.03. The van der Waals surface area contributed by atoms with E-state index in [4.69, 9.17) is 5.73 Å². The predicted octanol–water partition coefficient (Wildman–Crippen LogP) is 3.24. The Morgan fingerprint density at radius 1 is 1.34 bits per heavy atom. The Morgan fingerprint density at radius 2 is 2.17 bits per heavy atom. The first-order valence-electron chi connectivity index (χ1n) is 9.66. The smallest absolute Gasteiger partial charge is 0.257 e. The van der Waals surface area contributed by atoms with Crippen LogP contribution < -0.4 is 21.3 Å². The van der Waals surface area contributed by atoms with Crippen molar-refractivity contribution < 1.29 is 14.0 Å². The summed E-state index contributed by atoms with van der Waals surface area (Å²) in [6.07, 6.45) is 3.29. The van der Waals surface area contributed by atoms with Gasteiger partial charge in [0.2, 0.25) is 5.91 Å². The van der Waals surface area contributed by atoms with Gasteiger partial charge in [0, 0.05) is 36.2 Å². The fourth-order valence-corrected chi connectivity index (χ4v) is 4.03. The number of piperidine rings is 1. The minimum absolute atomic E-state index is 0.124. The summed E-state index contributed by atoms with van der Waals surface area (Å²) < 4.78 is 14.2. The lowest BCUT2D eigenvalue weighted by molar-refractivity contribution is -0.122. The van der Waals surface area contributed by atoms with Gasteiger partial charge in [-0.3, -0.25) is 9.59 Å². The van der Waals surface area contributed by atoms with E-state index in [1.54, 1.807) is 12.1 Å². The number of aryl methyl sites for hydroxylation is 1. The monoisotopic (exact) mass is 394 g/mol. The number of nitrogens with zero attached hydrogens (tertiary/aromatic N) is 1. The van der Waals surface area contributed by atoms with Gasteiger partial charge in [-0.2, -0.15) is 0 Å². The number of hydrogen-bond donors (Lipinski definition) is 3. The number of amides is 2. The first-order valence-corrected chi connectivity index (χ1v) is 9.66. The molecule has 6 nitrogen and oxygen atoms in total. The second-order valence-corrected chi connectivity index (χ2v) is 7.51. The maximum Gasteiger partial charge on any atom is 0.257 e. The van der Waals surface area contributed by atoms with Crippen LogP contribution in [-0.4, -0.2) is 24.9 Å². The molecule has 0 aliphatic carbocycles. The van der Waals surface area contributed by atoms with Crippen molar-refractivity contribution >= 4 is 34.4 Å². The van der Waals surface area contributed by atoms with E-state index in [0.29, 0.717) is 12.2 Å². The predicted molar refractivity (Wildman–Crippen MR) is 112 cm³/mol. The molecule has 0 aromatic heterocycles. The van der Waals surface area contributed by atoms with Crippen LogP contribution in [0.3, 0.4) is 0 Å². The highest BCUT2D eigenvalue weighted by Crippen LogP contribution is 2.34. The minimum Gasteiger partial charge on any atom is -0.371 e. The quantitative estimate of drug-likeness (QED) is 0.695. The molecule has 2 aliphatic heterocycles. The van der Waals surface area contributed by atoms with Crippen LogP contribution >= 0.6 is 0 Å². The highest BCUT2D eigenvalue weighted by Gasteiger charge is 2.27. The Labute approximate surface area is 168 Å². The lowest BCUT2D eigenvalue weighted by Crippen LogP contribution is -2.41. The van der Waals surface area contributed by atoms with E-state index in [0.717, 1.165) is 36.3 Å². The number of nitrogens with one attached hydrogen (secondary N) is 2. The largest absolute Gasteiger partial charge is 0.371 e. The van der Waals surface area contributed by atoms with E-state index in [2.05, 4.69) is 15.5 Å². The van der Waals surface area contributed by atoms with Crippen LogP contribution in [0.15, 0.2) is 42.6 Å². The number of anilines is 3. The Morgan fingerprint density at radius 3 is 2.93 bits per heavy atom. The molecule has 7 heteroatoms. The fraction of sp³-hybridized carbons (Fsp3) is 0.273. The summed E-state index contributed by atoms with van der Waals surface area (Å²) in [5.41, 5.74) is 9.40. The van der Waals surface area contributed by atoms with Crippen LogP contribution in [0.25, 0.3) is 5.57 Å². The van der Waals surface area contributed by atoms with Gasteiger partial charge in [0.25, 0.3) is 5.91 Å². The van der Waals surface area contributed by atoms with Crippen LogP contribution in [0.2, 0.25) is 0 Å². The minimum atomic E-state index is -0.436. The molecule has 4 rings (SSSR count). The number of benzene rings is 2. The van der Waals surface area contributed by atoms with Gasteiger partial charge in [0.05, 0.1) is 17.2 Å². The van der Waals surface area contributed by atoms with Crippen molar-refractivity contribution in [2.45, 2.75) is 19.8 Å². The summed E-state index contributed by atoms with van der Waals surface area (Å²) in [7, 11) is 0. The van der Waals surface area contributed by atoms with Crippen LogP contribution in [0.5, 0.6) is 0 Å². The average Bonchev–Trinajstić information content (AvgIpc) is 3.03. The van der Waals surface area contributed by atoms with Crippen molar-refractivity contribution in [3.05, 3.63) is 59.5 Å². The average molecular weight is 394 g/mol. The van der Waals surface area contributed by atoms with Crippen molar-refractivity contribution in [1.82, 2.24) is 0 Å². The highest BCUT2D eigenvalue weighted by molar-refractivity contribution is 6.31. The molecule has 1 fully saturated rings. The van der Waals surface area contributed by atoms with Gasteiger partial charge in [0.15, 0.2) is 0 Å². The molecule has 2 amide bonds. The molecular weight excluding hydrogens is 371 g/mol. The zero-order chi connectivity index (χ0) is 20.5. The van der Waals surface area contributed by atoms with E-state index < -0.39 is 5.82 Å². The Bertz CT molecular complexity index is 1020. The van der Waals surface area contributed by atoms with Gasteiger partial charge in [-0.05, 0) is 55.7 Å². The Balaban J connectivity index is 1.53. The molecule has 150 valence electrons. The number of primary amides is 1.